The number of nitrogens with one attached hydrogen (secondary N) is 3. The third-order valence-electron chi connectivity index (χ3n) is 8.84. The van der Waals surface area contributed by atoms with E-state index in [1.54, 1.807) is 0 Å². The number of carbonyl (C=O) groups is 2. The lowest BCUT2D eigenvalue weighted by molar-refractivity contribution is -0.121. The molecule has 0 unspecified atom stereocenters. The molecule has 15 heteroatoms. The van der Waals surface area contributed by atoms with Crippen molar-refractivity contribution in [1.29, 1.82) is 0 Å². The first-order valence-electron chi connectivity index (χ1n) is 18.8. The van der Waals surface area contributed by atoms with Gasteiger partial charge in [-0.15, -0.1) is 0 Å². The summed E-state index contributed by atoms with van der Waals surface area (Å²) in [5.41, 5.74) is 3.65. The Labute approximate surface area is 322 Å². The Hall–Kier alpha value is -3.86. The quantitative estimate of drug-likeness (QED) is 0.0746. The van der Waals surface area contributed by atoms with Gasteiger partial charge in [-0.2, -0.15) is 11.8 Å². The fourth-order valence-electron chi connectivity index (χ4n) is 5.96. The van der Waals surface area contributed by atoms with Gasteiger partial charge in [-0.25, -0.2) is 9.78 Å². The number of nitrogens with zero attached hydrogens (tertiary/aromatic N) is 2. The molecule has 0 aliphatic carbocycles. The lowest BCUT2D eigenvalue weighted by atomic mass is 10.0. The molecular formula is C39H55N5O9S. The van der Waals surface area contributed by atoms with Gasteiger partial charge >= 0.3 is 6.03 Å². The number of carbonyl (C=O) groups excluding carboxylic acids is 2. The van der Waals surface area contributed by atoms with Gasteiger partial charge in [-0.05, 0) is 48.7 Å². The van der Waals surface area contributed by atoms with Gasteiger partial charge in [0.15, 0.2) is 5.58 Å². The summed E-state index contributed by atoms with van der Waals surface area (Å²) in [5.74, 6) is 2.23. The number of ether oxygens (including phenoxy) is 6. The third kappa shape index (κ3) is 14.4. The highest BCUT2D eigenvalue weighted by molar-refractivity contribution is 8.00. The summed E-state index contributed by atoms with van der Waals surface area (Å²) in [6, 6.07) is 14.3. The molecule has 1 aromatic heterocycles. The normalized spacial score (nSPS) is 17.9. The maximum Gasteiger partial charge on any atom is 0.315 e. The zero-order valence-corrected chi connectivity index (χ0v) is 32.2. The number of hydrogen-bond donors (Lipinski definition) is 3. The van der Waals surface area contributed by atoms with Crippen molar-refractivity contribution in [3.05, 3.63) is 53.9 Å². The van der Waals surface area contributed by atoms with Crippen LogP contribution in [0.2, 0.25) is 0 Å². The number of aromatic nitrogens is 1. The molecule has 0 bridgehead atoms. The fraction of sp³-hybridized carbons (Fsp3) is 0.564. The monoisotopic (exact) mass is 769 g/mol. The van der Waals surface area contributed by atoms with Crippen LogP contribution >= 0.6 is 11.8 Å². The SMILES string of the molecule is CN(C)c1ccc(/C=C/c2nc3ccc(OCCOCCOCCOCCOCCOCCNC(=O)CCCC[C@@H]4SC[C@@H]5NC(=O)N[C@@H]54)cc3o2)cc1. The van der Waals surface area contributed by atoms with Crippen molar-refractivity contribution in [2.75, 3.05) is 104 Å². The van der Waals surface area contributed by atoms with Gasteiger partial charge in [0.05, 0.1) is 78.2 Å². The summed E-state index contributed by atoms with van der Waals surface area (Å²) in [6.45, 7) is 5.53. The van der Waals surface area contributed by atoms with Gasteiger partial charge in [0, 0.05) is 55.9 Å². The van der Waals surface area contributed by atoms with Crippen LogP contribution < -0.4 is 25.6 Å². The van der Waals surface area contributed by atoms with E-state index in [0.29, 0.717) is 108 Å². The lowest BCUT2D eigenvalue weighted by Crippen LogP contribution is -2.36. The molecule has 3 atom stereocenters. The minimum Gasteiger partial charge on any atom is -0.491 e. The first kappa shape index (κ1) is 41.3. The van der Waals surface area contributed by atoms with Crippen LogP contribution in [-0.4, -0.2) is 133 Å². The lowest BCUT2D eigenvalue weighted by Gasteiger charge is -2.16. The second kappa shape index (κ2) is 23.1. The van der Waals surface area contributed by atoms with E-state index in [1.807, 2.05) is 56.2 Å². The zero-order chi connectivity index (χ0) is 37.8. The maximum absolute atomic E-state index is 12.1. The molecule has 54 heavy (non-hydrogen) atoms. The van der Waals surface area contributed by atoms with E-state index in [0.717, 1.165) is 41.8 Å². The number of thioether (sulfide) groups is 1. The molecule has 5 rings (SSSR count). The third-order valence-corrected chi connectivity index (χ3v) is 10.3. The summed E-state index contributed by atoms with van der Waals surface area (Å²) in [6.07, 6.45) is 7.17. The Morgan fingerprint density at radius 2 is 1.54 bits per heavy atom. The maximum atomic E-state index is 12.1. The molecule has 2 saturated heterocycles. The van der Waals surface area contributed by atoms with Gasteiger partial charge in [0.2, 0.25) is 11.8 Å². The van der Waals surface area contributed by atoms with Crippen LogP contribution in [0, 0.1) is 0 Å². The van der Waals surface area contributed by atoms with Crippen LogP contribution in [0.3, 0.4) is 0 Å². The summed E-state index contributed by atoms with van der Waals surface area (Å²) >= 11 is 1.90. The Morgan fingerprint density at radius 1 is 0.870 bits per heavy atom. The number of rotatable bonds is 27. The molecule has 2 aliphatic rings. The molecule has 0 spiro atoms. The predicted molar refractivity (Wildman–Crippen MR) is 210 cm³/mol. The Bertz CT molecular complexity index is 1590. The van der Waals surface area contributed by atoms with Crippen molar-refractivity contribution in [2.45, 2.75) is 43.0 Å². The summed E-state index contributed by atoms with van der Waals surface area (Å²) in [5, 5.41) is 9.30. The minimum absolute atomic E-state index is 0.0431. The van der Waals surface area contributed by atoms with Gasteiger partial charge in [0.1, 0.15) is 17.9 Å². The molecule has 3 aromatic rings. The second-order valence-corrected chi connectivity index (χ2v) is 14.4. The van der Waals surface area contributed by atoms with Crippen LogP contribution in [0.15, 0.2) is 46.9 Å². The largest absolute Gasteiger partial charge is 0.491 e. The number of oxazole rings is 1. The van der Waals surface area contributed by atoms with E-state index in [9.17, 15) is 9.59 Å². The summed E-state index contributed by atoms with van der Waals surface area (Å²) < 4.78 is 39.4. The van der Waals surface area contributed by atoms with Crippen molar-refractivity contribution in [3.8, 4) is 5.75 Å². The van der Waals surface area contributed by atoms with Gasteiger partial charge in [0.25, 0.3) is 0 Å². The van der Waals surface area contributed by atoms with E-state index < -0.39 is 0 Å². The van der Waals surface area contributed by atoms with Crippen molar-refractivity contribution in [3.63, 3.8) is 0 Å². The van der Waals surface area contributed by atoms with Crippen molar-refractivity contribution >= 4 is 52.6 Å². The van der Waals surface area contributed by atoms with Crippen molar-refractivity contribution in [1.82, 2.24) is 20.9 Å². The van der Waals surface area contributed by atoms with E-state index in [4.69, 9.17) is 32.8 Å². The Kier molecular flexibility index (Phi) is 17.7. The highest BCUT2D eigenvalue weighted by Crippen LogP contribution is 2.33. The first-order chi connectivity index (χ1) is 26.4. The van der Waals surface area contributed by atoms with Crippen LogP contribution in [0.1, 0.15) is 37.1 Å². The molecule has 0 radical (unpaired) electrons. The van der Waals surface area contributed by atoms with E-state index in [2.05, 4.69) is 50.1 Å². The van der Waals surface area contributed by atoms with Crippen LogP contribution in [0.25, 0.3) is 23.3 Å². The van der Waals surface area contributed by atoms with E-state index in [1.165, 1.54) is 0 Å². The average Bonchev–Trinajstić information content (AvgIpc) is 3.87. The molecule has 14 nitrogen and oxygen atoms in total. The molecule has 2 aliphatic heterocycles. The van der Waals surface area contributed by atoms with Crippen LogP contribution in [-0.2, 0) is 28.5 Å². The molecule has 2 aromatic carbocycles. The molecule has 296 valence electrons. The fourth-order valence-corrected chi connectivity index (χ4v) is 7.50. The van der Waals surface area contributed by atoms with Gasteiger partial charge in [-0.3, -0.25) is 4.79 Å². The molecule has 3 heterocycles. The van der Waals surface area contributed by atoms with Gasteiger partial charge < -0.3 is 53.7 Å². The van der Waals surface area contributed by atoms with Crippen molar-refractivity contribution in [2.24, 2.45) is 0 Å². The molecular weight excluding hydrogens is 715 g/mol. The molecule has 2 fully saturated rings. The van der Waals surface area contributed by atoms with Gasteiger partial charge in [-0.1, -0.05) is 18.6 Å². The Balaban J connectivity index is 0.758. The standard InChI is InChI=1S/C39H55N5O9S/c1-44(2)30-10-7-29(8-11-30)9-14-37-41-32-13-12-31(27-34(32)53-37)52-26-25-51-24-23-50-22-21-49-20-19-48-18-17-47-16-15-40-36(45)6-4-3-5-35-38-33(28-54-35)42-39(46)43-38/h7-14,27,33,35,38H,3-6,15-26,28H2,1-2H3,(H,40,45)(H2,42,43,46)/b14-9+/t33-,35-,38-/m0/s1. The van der Waals surface area contributed by atoms with Crippen molar-refractivity contribution < 1.29 is 42.4 Å². The summed E-state index contributed by atoms with van der Waals surface area (Å²) in [4.78, 5) is 30.1. The number of anilines is 1. The summed E-state index contributed by atoms with van der Waals surface area (Å²) in [7, 11) is 4.04. The van der Waals surface area contributed by atoms with E-state index in [-0.39, 0.29) is 24.0 Å². The second-order valence-electron chi connectivity index (χ2n) is 13.1. The highest BCUT2D eigenvalue weighted by Gasteiger charge is 2.42. The smallest absolute Gasteiger partial charge is 0.315 e. The predicted octanol–water partition coefficient (Wildman–Crippen LogP) is 4.37. The molecule has 3 N–H and O–H groups in total. The Morgan fingerprint density at radius 3 is 2.22 bits per heavy atom. The minimum atomic E-state index is -0.0603. The van der Waals surface area contributed by atoms with Crippen LogP contribution in [0.5, 0.6) is 5.75 Å². The topological polar surface area (TPSA) is 155 Å². The first-order valence-corrected chi connectivity index (χ1v) is 19.8. The number of benzene rings is 2. The highest BCUT2D eigenvalue weighted by atomic mass is 32.2. The number of urea groups is 1. The number of unbranched alkanes of at least 4 members (excludes halogenated alkanes) is 1. The number of amides is 3. The van der Waals surface area contributed by atoms with Crippen LogP contribution in [0.4, 0.5) is 10.5 Å². The zero-order valence-electron chi connectivity index (χ0n) is 31.4. The number of hydrogen-bond acceptors (Lipinski definition) is 12. The number of fused-ring (bicyclic) bond motifs is 2. The van der Waals surface area contributed by atoms with E-state index >= 15 is 0 Å². The average molecular weight is 770 g/mol. The molecule has 3 amide bonds. The molecule has 0 saturated carbocycles.